The van der Waals surface area contributed by atoms with E-state index in [1.807, 2.05) is 19.3 Å². The first-order valence-corrected chi connectivity index (χ1v) is 12.5. The molecule has 1 aliphatic heterocycles. The maximum atomic E-state index is 5.53. The number of hydrogen-bond donors (Lipinski definition) is 2. The van der Waals surface area contributed by atoms with Crippen LogP contribution in [0.15, 0.2) is 48.8 Å². The van der Waals surface area contributed by atoms with Gasteiger partial charge in [-0.2, -0.15) is 15.0 Å². The molecule has 9 heteroatoms. The molecule has 2 aromatic carbocycles. The van der Waals surface area contributed by atoms with E-state index in [-0.39, 0.29) is 0 Å². The molecule has 184 valence electrons. The van der Waals surface area contributed by atoms with Crippen LogP contribution in [0.1, 0.15) is 23.6 Å². The van der Waals surface area contributed by atoms with Gasteiger partial charge in [0, 0.05) is 59.2 Å². The molecule has 0 bridgehead atoms. The summed E-state index contributed by atoms with van der Waals surface area (Å²) in [7, 11) is 0. The van der Waals surface area contributed by atoms with Gasteiger partial charge in [0.05, 0.1) is 25.2 Å². The first-order valence-electron chi connectivity index (χ1n) is 12.5. The minimum Gasteiger partial charge on any atom is -0.378 e. The third kappa shape index (κ3) is 4.49. The summed E-state index contributed by atoms with van der Waals surface area (Å²) in [5, 5.41) is 5.81. The number of morpholine rings is 1. The third-order valence-electron chi connectivity index (χ3n) is 6.87. The molecule has 1 fully saturated rings. The summed E-state index contributed by atoms with van der Waals surface area (Å²) in [5.74, 6) is 2.06. The molecule has 0 aliphatic carbocycles. The van der Waals surface area contributed by atoms with Gasteiger partial charge >= 0.3 is 0 Å². The molecule has 36 heavy (non-hydrogen) atoms. The van der Waals surface area contributed by atoms with Gasteiger partial charge in [0.15, 0.2) is 0 Å². The zero-order valence-corrected chi connectivity index (χ0v) is 20.7. The largest absolute Gasteiger partial charge is 0.378 e. The Morgan fingerprint density at radius 3 is 2.64 bits per heavy atom. The van der Waals surface area contributed by atoms with Crippen molar-refractivity contribution in [3.63, 3.8) is 0 Å². The van der Waals surface area contributed by atoms with E-state index in [1.54, 1.807) is 0 Å². The highest BCUT2D eigenvalue weighted by atomic mass is 16.5. The first kappa shape index (κ1) is 22.5. The van der Waals surface area contributed by atoms with Gasteiger partial charge in [-0.15, -0.1) is 0 Å². The van der Waals surface area contributed by atoms with E-state index in [4.69, 9.17) is 19.7 Å². The van der Waals surface area contributed by atoms with E-state index in [2.05, 4.69) is 68.1 Å². The summed E-state index contributed by atoms with van der Waals surface area (Å²) < 4.78 is 7.72. The van der Waals surface area contributed by atoms with Crippen molar-refractivity contribution in [3.8, 4) is 0 Å². The Bertz CT molecular complexity index is 1520. The van der Waals surface area contributed by atoms with E-state index >= 15 is 0 Å². The molecule has 2 N–H and O–H groups in total. The van der Waals surface area contributed by atoms with Crippen molar-refractivity contribution in [3.05, 3.63) is 66.0 Å². The highest BCUT2D eigenvalue weighted by molar-refractivity contribution is 6.08. The summed E-state index contributed by atoms with van der Waals surface area (Å²) in [5.41, 5.74) is 5.46. The average Bonchev–Trinajstić information content (AvgIpc) is 3.44. The number of ether oxygens (including phenoxy) is 1. The van der Waals surface area contributed by atoms with Crippen LogP contribution in [0.25, 0.3) is 21.8 Å². The number of nitrogens with zero attached hydrogens (tertiary/aromatic N) is 6. The Hall–Kier alpha value is -3.98. The van der Waals surface area contributed by atoms with Gasteiger partial charge < -0.3 is 24.5 Å². The topological polar surface area (TPSA) is 96.8 Å². The normalized spacial score (nSPS) is 14.1. The van der Waals surface area contributed by atoms with Gasteiger partial charge in [-0.05, 0) is 44.5 Å². The molecular formula is C27H30N8O. The number of aryl methyl sites for hydroxylation is 3. The zero-order chi connectivity index (χ0) is 24.5. The zero-order valence-electron chi connectivity index (χ0n) is 20.7. The van der Waals surface area contributed by atoms with Crippen LogP contribution in [0.2, 0.25) is 0 Å². The van der Waals surface area contributed by atoms with E-state index in [1.165, 1.54) is 16.5 Å². The first-order chi connectivity index (χ1) is 17.6. The Labute approximate surface area is 209 Å². The van der Waals surface area contributed by atoms with E-state index in [0.717, 1.165) is 60.7 Å². The lowest BCUT2D eigenvalue weighted by Crippen LogP contribution is -2.37. The molecule has 0 atom stereocenters. The Morgan fingerprint density at radius 2 is 1.81 bits per heavy atom. The lowest BCUT2D eigenvalue weighted by Gasteiger charge is -2.27. The fraction of sp³-hybridized carbons (Fsp3) is 0.333. The van der Waals surface area contributed by atoms with Crippen molar-refractivity contribution >= 4 is 39.4 Å². The number of fused-ring (bicyclic) bond motifs is 3. The maximum absolute atomic E-state index is 5.53. The molecule has 1 aliphatic rings. The number of anilines is 3. The van der Waals surface area contributed by atoms with Crippen LogP contribution in [-0.2, 0) is 17.7 Å². The van der Waals surface area contributed by atoms with Crippen LogP contribution in [0.4, 0.5) is 17.6 Å². The fourth-order valence-electron chi connectivity index (χ4n) is 4.71. The Kier molecular flexibility index (Phi) is 5.98. The van der Waals surface area contributed by atoms with Crippen molar-refractivity contribution < 1.29 is 4.74 Å². The maximum Gasteiger partial charge on any atom is 0.232 e. The molecular weight excluding hydrogens is 452 g/mol. The number of aromatic nitrogens is 6. The van der Waals surface area contributed by atoms with Gasteiger partial charge in [0.25, 0.3) is 0 Å². The van der Waals surface area contributed by atoms with Gasteiger partial charge in [0.2, 0.25) is 11.9 Å². The number of H-pyrrole nitrogens is 1. The number of rotatable bonds is 7. The molecule has 3 aromatic heterocycles. The summed E-state index contributed by atoms with van der Waals surface area (Å²) in [6.45, 7) is 7.94. The van der Waals surface area contributed by atoms with Crippen LogP contribution in [0.5, 0.6) is 0 Å². The summed E-state index contributed by atoms with van der Waals surface area (Å²) >= 11 is 0. The lowest BCUT2D eigenvalue weighted by atomic mass is 10.1. The lowest BCUT2D eigenvalue weighted by molar-refractivity contribution is 0.122. The quantitative estimate of drug-likeness (QED) is 0.352. The second kappa shape index (κ2) is 9.58. The smallest absolute Gasteiger partial charge is 0.232 e. The van der Waals surface area contributed by atoms with Gasteiger partial charge in [0.1, 0.15) is 5.82 Å². The van der Waals surface area contributed by atoms with Crippen molar-refractivity contribution in [1.29, 1.82) is 0 Å². The second-order valence-corrected chi connectivity index (χ2v) is 9.24. The van der Waals surface area contributed by atoms with Gasteiger partial charge in [-0.1, -0.05) is 18.2 Å². The number of nitrogens with one attached hydrogen (secondary N) is 2. The standard InChI is InChI=1S/C27H30N8O/c1-18-19(2)35(17-28-18)11-5-8-25-31-26(33-27(32-25)34-12-14-36-15-13-34)29-20-9-10-24-22(16-20)21-6-3-4-7-23(21)30-24/h3-4,6-7,9-10,16-17,30H,5,8,11-15H2,1-2H3,(H,29,31,32,33). The summed E-state index contributed by atoms with van der Waals surface area (Å²) in [6, 6.07) is 14.6. The Morgan fingerprint density at radius 1 is 0.972 bits per heavy atom. The number of benzene rings is 2. The molecule has 0 unspecified atom stereocenters. The minimum atomic E-state index is 0.565. The van der Waals surface area contributed by atoms with E-state index in [0.29, 0.717) is 25.1 Å². The summed E-state index contributed by atoms with van der Waals surface area (Å²) in [4.78, 5) is 24.4. The summed E-state index contributed by atoms with van der Waals surface area (Å²) in [6.07, 6.45) is 3.59. The fourth-order valence-corrected chi connectivity index (χ4v) is 4.71. The van der Waals surface area contributed by atoms with E-state index in [9.17, 15) is 0 Å². The molecule has 0 amide bonds. The van der Waals surface area contributed by atoms with Gasteiger partial charge in [-0.3, -0.25) is 0 Å². The molecule has 0 saturated carbocycles. The number of imidazole rings is 1. The van der Waals surface area contributed by atoms with Crippen molar-refractivity contribution in [2.45, 2.75) is 33.2 Å². The number of hydrogen-bond acceptors (Lipinski definition) is 7. The predicted octanol–water partition coefficient (Wildman–Crippen LogP) is 4.53. The van der Waals surface area contributed by atoms with Crippen molar-refractivity contribution in [1.82, 2.24) is 29.5 Å². The Balaban J connectivity index is 1.27. The number of para-hydroxylation sites is 1. The van der Waals surface area contributed by atoms with Crippen molar-refractivity contribution in [2.24, 2.45) is 0 Å². The number of aromatic amines is 1. The van der Waals surface area contributed by atoms with Gasteiger partial charge in [-0.25, -0.2) is 4.98 Å². The van der Waals surface area contributed by atoms with Crippen LogP contribution in [-0.4, -0.2) is 55.8 Å². The molecule has 1 saturated heterocycles. The van der Waals surface area contributed by atoms with Crippen LogP contribution < -0.4 is 10.2 Å². The average molecular weight is 483 g/mol. The molecule has 0 spiro atoms. The predicted molar refractivity (Wildman–Crippen MR) is 142 cm³/mol. The molecule has 4 heterocycles. The monoisotopic (exact) mass is 482 g/mol. The highest BCUT2D eigenvalue weighted by Gasteiger charge is 2.17. The van der Waals surface area contributed by atoms with Crippen LogP contribution in [0, 0.1) is 13.8 Å². The SMILES string of the molecule is Cc1ncn(CCCc2nc(Nc3ccc4[nH]c5ccccc5c4c3)nc(N3CCOCC3)n2)c1C. The minimum absolute atomic E-state index is 0.565. The van der Waals surface area contributed by atoms with E-state index < -0.39 is 0 Å². The molecule has 9 nitrogen and oxygen atoms in total. The van der Waals surface area contributed by atoms with Crippen molar-refractivity contribution in [2.75, 3.05) is 36.5 Å². The second-order valence-electron chi connectivity index (χ2n) is 9.24. The molecule has 6 rings (SSSR count). The van der Waals surface area contributed by atoms with Crippen LogP contribution >= 0.6 is 0 Å². The highest BCUT2D eigenvalue weighted by Crippen LogP contribution is 2.28. The molecule has 0 radical (unpaired) electrons. The third-order valence-corrected chi connectivity index (χ3v) is 6.87. The molecule has 5 aromatic rings. The van der Waals surface area contributed by atoms with Crippen LogP contribution in [0.3, 0.4) is 0 Å².